The van der Waals surface area contributed by atoms with Crippen molar-refractivity contribution in [1.29, 1.82) is 0 Å². The SMILES string of the molecule is COc1cc(C)c(-c2cc(Cl)cc(OCC3COCCOC3)c2)cn1. The van der Waals surface area contributed by atoms with Crippen LogP contribution in [0.1, 0.15) is 5.56 Å². The molecule has 25 heavy (non-hydrogen) atoms. The minimum atomic E-state index is 0.217. The number of halogens is 1. The van der Waals surface area contributed by atoms with E-state index in [-0.39, 0.29) is 5.92 Å². The van der Waals surface area contributed by atoms with Crippen molar-refractivity contribution in [3.8, 4) is 22.8 Å². The third-order valence-electron chi connectivity index (χ3n) is 4.04. The van der Waals surface area contributed by atoms with Crippen LogP contribution in [0.5, 0.6) is 11.6 Å². The van der Waals surface area contributed by atoms with E-state index >= 15 is 0 Å². The Morgan fingerprint density at radius 3 is 2.60 bits per heavy atom. The summed E-state index contributed by atoms with van der Waals surface area (Å²) in [5.74, 6) is 1.53. The van der Waals surface area contributed by atoms with Crippen LogP contribution in [0.4, 0.5) is 0 Å². The average molecular weight is 364 g/mol. The maximum absolute atomic E-state index is 6.28. The molecule has 2 aromatic rings. The van der Waals surface area contributed by atoms with E-state index in [1.54, 1.807) is 13.3 Å². The van der Waals surface area contributed by atoms with Crippen LogP contribution in [0.2, 0.25) is 5.02 Å². The predicted octanol–water partition coefficient (Wildman–Crippen LogP) is 3.76. The summed E-state index contributed by atoms with van der Waals surface area (Å²) in [7, 11) is 1.60. The summed E-state index contributed by atoms with van der Waals surface area (Å²) in [5.41, 5.74) is 3.02. The first-order chi connectivity index (χ1) is 12.2. The molecule has 0 saturated carbocycles. The number of hydrogen-bond donors (Lipinski definition) is 0. The monoisotopic (exact) mass is 363 g/mol. The summed E-state index contributed by atoms with van der Waals surface area (Å²) in [4.78, 5) is 4.28. The Morgan fingerprint density at radius 2 is 1.92 bits per heavy atom. The Hall–Kier alpha value is -1.82. The third-order valence-corrected chi connectivity index (χ3v) is 4.26. The van der Waals surface area contributed by atoms with Gasteiger partial charge in [-0.3, -0.25) is 0 Å². The normalized spacial score (nSPS) is 15.6. The van der Waals surface area contributed by atoms with Crippen LogP contribution in [0.3, 0.4) is 0 Å². The van der Waals surface area contributed by atoms with E-state index in [4.69, 9.17) is 30.5 Å². The molecule has 2 heterocycles. The smallest absolute Gasteiger partial charge is 0.213 e. The fourth-order valence-electron chi connectivity index (χ4n) is 2.72. The molecule has 0 spiro atoms. The van der Waals surface area contributed by atoms with Crippen LogP contribution in [0.15, 0.2) is 30.5 Å². The molecular formula is C19H22ClNO4. The minimum absolute atomic E-state index is 0.217. The molecule has 1 aliphatic rings. The molecule has 0 bridgehead atoms. The molecule has 0 unspecified atom stereocenters. The van der Waals surface area contributed by atoms with E-state index in [1.165, 1.54) is 0 Å². The van der Waals surface area contributed by atoms with E-state index in [1.807, 2.05) is 31.2 Å². The molecule has 0 radical (unpaired) electrons. The molecule has 0 N–H and O–H groups in total. The molecule has 1 fully saturated rings. The first-order valence-electron chi connectivity index (χ1n) is 8.25. The number of pyridine rings is 1. The second kappa shape index (κ2) is 8.52. The highest BCUT2D eigenvalue weighted by Crippen LogP contribution is 2.31. The maximum atomic E-state index is 6.28. The highest BCUT2D eigenvalue weighted by atomic mass is 35.5. The fourth-order valence-corrected chi connectivity index (χ4v) is 2.95. The van der Waals surface area contributed by atoms with Gasteiger partial charge in [0.1, 0.15) is 5.75 Å². The molecule has 0 amide bonds. The quantitative estimate of drug-likeness (QED) is 0.809. The van der Waals surface area contributed by atoms with Crippen LogP contribution < -0.4 is 9.47 Å². The van der Waals surface area contributed by atoms with Gasteiger partial charge in [0.25, 0.3) is 0 Å². The lowest BCUT2D eigenvalue weighted by Gasteiger charge is -2.16. The number of rotatable bonds is 5. The Bertz CT molecular complexity index is 715. The van der Waals surface area contributed by atoms with Crippen molar-refractivity contribution in [2.45, 2.75) is 6.92 Å². The van der Waals surface area contributed by atoms with Crippen molar-refractivity contribution in [2.24, 2.45) is 5.92 Å². The minimum Gasteiger partial charge on any atom is -0.493 e. The lowest BCUT2D eigenvalue weighted by molar-refractivity contribution is 0.101. The van der Waals surface area contributed by atoms with Crippen LogP contribution >= 0.6 is 11.6 Å². The topological polar surface area (TPSA) is 49.8 Å². The molecule has 1 saturated heterocycles. The lowest BCUT2D eigenvalue weighted by Crippen LogP contribution is -2.20. The van der Waals surface area contributed by atoms with Gasteiger partial charge in [0, 0.05) is 28.8 Å². The zero-order valence-corrected chi connectivity index (χ0v) is 15.2. The van der Waals surface area contributed by atoms with Gasteiger partial charge in [-0.05, 0) is 36.2 Å². The van der Waals surface area contributed by atoms with Gasteiger partial charge in [-0.15, -0.1) is 0 Å². The molecule has 3 rings (SSSR count). The summed E-state index contributed by atoms with van der Waals surface area (Å²) < 4.78 is 22.1. The Kier molecular flexibility index (Phi) is 6.13. The van der Waals surface area contributed by atoms with Gasteiger partial charge >= 0.3 is 0 Å². The largest absolute Gasteiger partial charge is 0.493 e. The number of benzene rings is 1. The second-order valence-corrected chi connectivity index (χ2v) is 6.48. The molecule has 6 heteroatoms. The first kappa shape index (κ1) is 18.0. The van der Waals surface area contributed by atoms with E-state index in [0.29, 0.717) is 43.9 Å². The number of aromatic nitrogens is 1. The van der Waals surface area contributed by atoms with Crippen molar-refractivity contribution in [2.75, 3.05) is 40.1 Å². The fraction of sp³-hybridized carbons (Fsp3) is 0.421. The van der Waals surface area contributed by atoms with Gasteiger partial charge in [0.2, 0.25) is 5.88 Å². The van der Waals surface area contributed by atoms with Gasteiger partial charge in [0.05, 0.1) is 40.1 Å². The molecule has 1 aromatic carbocycles. The van der Waals surface area contributed by atoms with Crippen LogP contribution in [-0.4, -0.2) is 45.1 Å². The summed E-state index contributed by atoms with van der Waals surface area (Å²) in [6.45, 7) is 5.12. The molecular weight excluding hydrogens is 342 g/mol. The van der Waals surface area contributed by atoms with Crippen molar-refractivity contribution in [3.05, 3.63) is 41.0 Å². The zero-order chi connectivity index (χ0) is 17.6. The highest BCUT2D eigenvalue weighted by Gasteiger charge is 2.15. The van der Waals surface area contributed by atoms with Gasteiger partial charge in [0.15, 0.2) is 0 Å². The summed E-state index contributed by atoms with van der Waals surface area (Å²) in [5, 5.41) is 0.621. The highest BCUT2D eigenvalue weighted by molar-refractivity contribution is 6.31. The lowest BCUT2D eigenvalue weighted by atomic mass is 10.0. The first-order valence-corrected chi connectivity index (χ1v) is 8.63. The number of aryl methyl sites for hydroxylation is 1. The van der Waals surface area contributed by atoms with Crippen molar-refractivity contribution in [3.63, 3.8) is 0 Å². The molecule has 134 valence electrons. The number of methoxy groups -OCH3 is 1. The Balaban J connectivity index is 1.76. The predicted molar refractivity (Wildman–Crippen MR) is 96.6 cm³/mol. The van der Waals surface area contributed by atoms with E-state index < -0.39 is 0 Å². The van der Waals surface area contributed by atoms with Crippen molar-refractivity contribution >= 4 is 11.6 Å². The maximum Gasteiger partial charge on any atom is 0.213 e. The summed E-state index contributed by atoms with van der Waals surface area (Å²) >= 11 is 6.28. The van der Waals surface area contributed by atoms with Gasteiger partial charge < -0.3 is 18.9 Å². The number of hydrogen-bond acceptors (Lipinski definition) is 5. The summed E-state index contributed by atoms with van der Waals surface area (Å²) in [6.07, 6.45) is 1.79. The summed E-state index contributed by atoms with van der Waals surface area (Å²) in [6, 6.07) is 7.59. The average Bonchev–Trinajstić information content (AvgIpc) is 2.88. The number of nitrogens with zero attached hydrogens (tertiary/aromatic N) is 1. The Labute approximate surface area is 152 Å². The van der Waals surface area contributed by atoms with Crippen LogP contribution in [0.25, 0.3) is 11.1 Å². The van der Waals surface area contributed by atoms with Crippen molar-refractivity contribution in [1.82, 2.24) is 4.98 Å². The van der Waals surface area contributed by atoms with Crippen molar-refractivity contribution < 1.29 is 18.9 Å². The number of ether oxygens (including phenoxy) is 4. The van der Waals surface area contributed by atoms with Gasteiger partial charge in [-0.1, -0.05) is 11.6 Å². The molecule has 1 aliphatic heterocycles. The second-order valence-electron chi connectivity index (χ2n) is 6.04. The standard InChI is InChI=1S/C19H22ClNO4/c1-13-5-19(22-2)21-9-18(13)15-6-16(20)8-17(7-15)25-12-14-10-23-3-4-24-11-14/h5-9,14H,3-4,10-12H2,1-2H3. The van der Waals surface area contributed by atoms with Crippen LogP contribution in [-0.2, 0) is 9.47 Å². The van der Waals surface area contributed by atoms with E-state index in [9.17, 15) is 0 Å². The molecule has 1 aromatic heterocycles. The van der Waals surface area contributed by atoms with E-state index in [2.05, 4.69) is 4.98 Å². The molecule has 5 nitrogen and oxygen atoms in total. The van der Waals surface area contributed by atoms with Gasteiger partial charge in [-0.2, -0.15) is 0 Å². The Morgan fingerprint density at radius 1 is 1.16 bits per heavy atom. The van der Waals surface area contributed by atoms with Crippen LogP contribution in [0, 0.1) is 12.8 Å². The molecule has 0 atom stereocenters. The van der Waals surface area contributed by atoms with E-state index in [0.717, 1.165) is 22.4 Å². The van der Waals surface area contributed by atoms with Gasteiger partial charge in [-0.25, -0.2) is 4.98 Å². The molecule has 0 aliphatic carbocycles. The zero-order valence-electron chi connectivity index (χ0n) is 14.5. The third kappa shape index (κ3) is 4.84.